The molecule has 4 aromatic heterocycles. The van der Waals surface area contributed by atoms with Gasteiger partial charge in [0.25, 0.3) is 0 Å². The molecule has 1 aliphatic heterocycles. The van der Waals surface area contributed by atoms with Crippen LogP contribution in [0.4, 0.5) is 0 Å². The number of allylic oxidation sites excluding steroid dienone is 2. The van der Waals surface area contributed by atoms with Gasteiger partial charge in [0.05, 0.1) is 7.59 Å². The Labute approximate surface area is 232 Å². The van der Waals surface area contributed by atoms with E-state index in [1.165, 1.54) is 63.2 Å². The molecule has 7 heteroatoms. The summed E-state index contributed by atoms with van der Waals surface area (Å²) in [6, 6.07) is 24.4. The van der Waals surface area contributed by atoms with Gasteiger partial charge in [-0.1, -0.05) is 64.0 Å². The Morgan fingerprint density at radius 2 is 1.06 bits per heavy atom. The minimum absolute atomic E-state index is 0.260. The van der Waals surface area contributed by atoms with Gasteiger partial charge in [0.2, 0.25) is 0 Å². The summed E-state index contributed by atoms with van der Waals surface area (Å²) < 4.78 is 1.77. The lowest BCUT2D eigenvalue weighted by atomic mass is 10.3. The van der Waals surface area contributed by atoms with E-state index >= 15 is 0 Å². The number of rotatable bonds is 10. The van der Waals surface area contributed by atoms with Crippen LogP contribution in [-0.2, 0) is 0 Å². The topological polar surface area (TPSA) is 0 Å². The zero-order valence-corrected chi connectivity index (χ0v) is 26.8. The first-order valence-electron chi connectivity index (χ1n) is 12.4. The Balaban J connectivity index is 1.38. The zero-order valence-electron chi connectivity index (χ0n) is 20.7. The van der Waals surface area contributed by atoms with E-state index in [1.807, 2.05) is 45.0 Å². The van der Waals surface area contributed by atoms with Crippen LogP contribution in [0.25, 0.3) is 29.3 Å². The highest BCUT2D eigenvalue weighted by Gasteiger charge is 2.40. The second-order valence-electron chi connectivity index (χ2n) is 8.73. The normalized spacial score (nSPS) is 13.6. The Morgan fingerprint density at radius 1 is 0.600 bits per heavy atom. The molecule has 0 aromatic carbocycles. The molecule has 0 saturated heterocycles. The third kappa shape index (κ3) is 4.93. The molecule has 0 atom stereocenters. The van der Waals surface area contributed by atoms with E-state index in [0.717, 1.165) is 0 Å². The van der Waals surface area contributed by atoms with Crippen molar-refractivity contribution in [2.75, 3.05) is 0 Å². The van der Waals surface area contributed by atoms with Crippen LogP contribution in [0, 0.1) is 0 Å². The number of thiophene rings is 4. The molecule has 35 heavy (non-hydrogen) atoms. The van der Waals surface area contributed by atoms with Gasteiger partial charge >= 0.3 is 0 Å². The molecule has 0 nitrogen and oxygen atoms in total. The van der Waals surface area contributed by atoms with Crippen molar-refractivity contribution < 1.29 is 0 Å². The van der Waals surface area contributed by atoms with E-state index < -0.39 is 7.59 Å². The third-order valence-electron chi connectivity index (χ3n) is 7.13. The van der Waals surface area contributed by atoms with Crippen molar-refractivity contribution in [3.63, 3.8) is 0 Å². The summed E-state index contributed by atoms with van der Waals surface area (Å²) in [5, 5.41) is 2.16. The van der Waals surface area contributed by atoms with E-state index in [-0.39, 0.29) is 8.31 Å². The molecule has 181 valence electrons. The lowest BCUT2D eigenvalue weighted by molar-refractivity contribution is 1.27. The van der Waals surface area contributed by atoms with E-state index in [2.05, 4.69) is 105 Å². The van der Waals surface area contributed by atoms with Gasteiger partial charge < -0.3 is 0 Å². The third-order valence-corrected chi connectivity index (χ3v) is 30.7. The average molecular weight is 584 g/mol. The summed E-state index contributed by atoms with van der Waals surface area (Å²) >= 11 is 7.90. The monoisotopic (exact) mass is 583 g/mol. The Morgan fingerprint density at radius 3 is 1.51 bits per heavy atom. The van der Waals surface area contributed by atoms with Crippen LogP contribution in [0.1, 0.15) is 32.6 Å². The van der Waals surface area contributed by atoms with Crippen molar-refractivity contribution in [1.29, 1.82) is 0 Å². The molecule has 4 aromatic rings. The van der Waals surface area contributed by atoms with E-state index in [0.29, 0.717) is 0 Å². The molecule has 1 aliphatic rings. The first-order valence-corrected chi connectivity index (χ1v) is 21.9. The van der Waals surface area contributed by atoms with Gasteiger partial charge in [-0.15, -0.1) is 56.3 Å². The summed E-state index contributed by atoms with van der Waals surface area (Å²) in [4.78, 5) is 11.1. The van der Waals surface area contributed by atoms with Crippen LogP contribution in [-0.4, -0.2) is 26.1 Å². The van der Waals surface area contributed by atoms with Gasteiger partial charge in [0, 0.05) is 47.3 Å². The molecule has 5 rings (SSSR count). The van der Waals surface area contributed by atoms with E-state index in [1.54, 1.807) is 4.50 Å². The molecule has 0 fully saturated rings. The average Bonchev–Trinajstić information content (AvgIpc) is 3.70. The lowest BCUT2D eigenvalue weighted by Crippen LogP contribution is -2.58. The molecule has 0 N–H and O–H groups in total. The smallest absolute Gasteiger partial charge is 0.0896 e. The molecule has 0 aliphatic carbocycles. The van der Waals surface area contributed by atoms with Gasteiger partial charge in [-0.2, -0.15) is 0 Å². The van der Waals surface area contributed by atoms with Crippen LogP contribution in [0.3, 0.4) is 0 Å². The van der Waals surface area contributed by atoms with Crippen LogP contribution in [0.5, 0.6) is 0 Å². The van der Waals surface area contributed by atoms with Crippen molar-refractivity contribution in [3.8, 4) is 29.3 Å². The standard InChI is InChI=1S/C28H31S5Si2/c1-5-34(6-2)35(7-3,8-4)28-18-17-27(33-28)26-16-15-25(32-26)24-14-13-23(31-24)22-12-11-21(30-22)20-10-9-19-29-20/h9-19H,5-8H2,1-4H3. The quantitative estimate of drug-likeness (QED) is 0.129. The lowest BCUT2D eigenvalue weighted by Gasteiger charge is -2.35. The second-order valence-corrected chi connectivity index (χ2v) is 26.1. The fourth-order valence-corrected chi connectivity index (χ4v) is 26.9. The molecule has 0 amide bonds. The van der Waals surface area contributed by atoms with Gasteiger partial charge in [-0.3, -0.25) is 0 Å². The molecule has 0 spiro atoms. The molecule has 0 saturated carbocycles. The maximum Gasteiger partial charge on any atom is 0.0896 e. The summed E-state index contributed by atoms with van der Waals surface area (Å²) in [5.41, 5.74) is 0. The fraction of sp³-hybridized carbons (Fsp3) is 0.286. The van der Waals surface area contributed by atoms with Crippen molar-refractivity contribution in [2.45, 2.75) is 51.9 Å². The predicted octanol–water partition coefficient (Wildman–Crippen LogP) is 9.87. The summed E-state index contributed by atoms with van der Waals surface area (Å²) in [6.07, 6.45) is 4.34. The summed E-state index contributed by atoms with van der Waals surface area (Å²) in [6.45, 7) is 9.83. The molecule has 0 bridgehead atoms. The second kappa shape index (κ2) is 11.1. The zero-order chi connectivity index (χ0) is 24.4. The van der Waals surface area contributed by atoms with Crippen molar-refractivity contribution in [3.05, 3.63) is 65.6 Å². The number of hydrogen-bond donors (Lipinski definition) is 0. The van der Waals surface area contributed by atoms with Gasteiger partial charge in [-0.25, -0.2) is 0 Å². The summed E-state index contributed by atoms with van der Waals surface area (Å²) in [7, 11) is 0.216. The van der Waals surface area contributed by atoms with E-state index in [9.17, 15) is 0 Å². The molecule has 5 heterocycles. The minimum Gasteiger partial charge on any atom is -0.144 e. The van der Waals surface area contributed by atoms with Gasteiger partial charge in [0.1, 0.15) is 0 Å². The van der Waals surface area contributed by atoms with Crippen LogP contribution < -0.4 is 4.50 Å². The van der Waals surface area contributed by atoms with Gasteiger partial charge in [-0.05, 0) is 58.4 Å². The molecular weight excluding hydrogens is 553 g/mol. The minimum atomic E-state index is -1.34. The fourth-order valence-electron chi connectivity index (χ4n) is 5.15. The van der Waals surface area contributed by atoms with Crippen molar-refractivity contribution in [2.24, 2.45) is 0 Å². The molecule has 0 unspecified atom stereocenters. The Hall–Kier alpha value is -1.07. The molecular formula is C28H31S5Si2. The van der Waals surface area contributed by atoms with Crippen molar-refractivity contribution in [1.82, 2.24) is 0 Å². The number of hydrogen-bond acceptors (Lipinski definition) is 4. The van der Waals surface area contributed by atoms with Crippen LogP contribution in [0.15, 0.2) is 60.7 Å². The van der Waals surface area contributed by atoms with E-state index in [4.69, 9.17) is 0 Å². The maximum absolute atomic E-state index is 2.51. The Kier molecular flexibility index (Phi) is 8.13. The highest BCUT2D eigenvalue weighted by molar-refractivity contribution is 7.98. The highest BCUT2D eigenvalue weighted by atomic mass is 32.1. The van der Waals surface area contributed by atoms with Crippen LogP contribution in [0.2, 0.25) is 24.2 Å². The summed E-state index contributed by atoms with van der Waals surface area (Å²) in [5.74, 6) is 0. The predicted molar refractivity (Wildman–Crippen MR) is 174 cm³/mol. The first-order chi connectivity index (χ1) is 17.1. The van der Waals surface area contributed by atoms with Crippen LogP contribution >= 0.6 is 56.3 Å². The Bertz CT molecular complexity index is 1400. The van der Waals surface area contributed by atoms with Gasteiger partial charge in [0.15, 0.2) is 0 Å². The largest absolute Gasteiger partial charge is 0.144 e. The SMILES string of the molecule is CC[Si](CC)[Si](CC)(CC)c1ccc(-c2ccc(-c3ccc(-c4ccc(C5=S=CC=C5)s4)s3)s2)s1. The highest BCUT2D eigenvalue weighted by Crippen LogP contribution is 2.43. The molecule has 1 radical (unpaired) electrons. The van der Waals surface area contributed by atoms with Crippen molar-refractivity contribution >= 4 is 86.9 Å². The maximum atomic E-state index is 2.51. The first kappa shape index (κ1) is 25.6.